The third kappa shape index (κ3) is 9.38. The molecule has 0 aliphatic heterocycles. The molecule has 0 unspecified atom stereocenters. The first-order valence-corrected chi connectivity index (χ1v) is 14.7. The minimum Gasteiger partial charge on any atom is -0.359 e. The molecule has 7 nitrogen and oxygen atoms in total. The molecule has 2 aromatic carbocycles. The van der Waals surface area contributed by atoms with Gasteiger partial charge in [0.05, 0.1) is 21.1 Å². The molecule has 0 radical (unpaired) electrons. The standard InChI is InChI=1S/C32H42N4O3S/c1-21(2)24-12-14-27-29(17-24)40-31(35-27)19-25(18-30(38)33-4)32(39)34-26(16-23-10-8-7-9-11-23)13-15-28(37)22(3)20-36(5)6/h7-12,14,17,21,25-26H,3,13,15-16,18-20H2,1-2,4-6H3,(H,33,38)(H,34,39)/t25-,26+/m0/s1. The first kappa shape index (κ1) is 31.2. The molecule has 40 heavy (non-hydrogen) atoms. The van der Waals surface area contributed by atoms with Gasteiger partial charge in [-0.05, 0) is 56.1 Å². The van der Waals surface area contributed by atoms with Crippen molar-refractivity contribution >= 4 is 39.2 Å². The Morgan fingerprint density at radius 3 is 2.42 bits per heavy atom. The predicted molar refractivity (Wildman–Crippen MR) is 164 cm³/mol. The molecular weight excluding hydrogens is 520 g/mol. The van der Waals surface area contributed by atoms with Gasteiger partial charge in [-0.15, -0.1) is 11.3 Å². The molecule has 0 saturated heterocycles. The summed E-state index contributed by atoms with van der Waals surface area (Å²) in [6.45, 7) is 8.76. The number of rotatable bonds is 15. The summed E-state index contributed by atoms with van der Waals surface area (Å²) < 4.78 is 1.08. The zero-order valence-electron chi connectivity index (χ0n) is 24.3. The van der Waals surface area contributed by atoms with Gasteiger partial charge in [0.1, 0.15) is 0 Å². The van der Waals surface area contributed by atoms with Crippen molar-refractivity contribution in [2.45, 2.75) is 57.9 Å². The van der Waals surface area contributed by atoms with Crippen molar-refractivity contribution in [3.63, 3.8) is 0 Å². The number of carbonyl (C=O) groups is 3. The third-order valence-corrected chi connectivity index (χ3v) is 7.96. The molecule has 2 N–H and O–H groups in total. The van der Waals surface area contributed by atoms with Crippen molar-refractivity contribution in [3.8, 4) is 0 Å². The van der Waals surface area contributed by atoms with Crippen LogP contribution in [0.25, 0.3) is 10.2 Å². The number of likely N-dealkylation sites (N-methyl/N-ethyl adjacent to an activating group) is 1. The van der Waals surface area contributed by atoms with Crippen LogP contribution < -0.4 is 10.6 Å². The number of thiazole rings is 1. The van der Waals surface area contributed by atoms with Gasteiger partial charge in [-0.1, -0.05) is 56.8 Å². The van der Waals surface area contributed by atoms with Crippen molar-refractivity contribution < 1.29 is 14.4 Å². The molecule has 0 aliphatic rings. The predicted octanol–water partition coefficient (Wildman–Crippen LogP) is 4.91. The lowest BCUT2D eigenvalue weighted by Crippen LogP contribution is -2.42. The van der Waals surface area contributed by atoms with E-state index in [1.807, 2.05) is 55.4 Å². The number of aromatic nitrogens is 1. The Bertz CT molecular complexity index is 1320. The first-order valence-electron chi connectivity index (χ1n) is 13.9. The summed E-state index contributed by atoms with van der Waals surface area (Å²) in [4.78, 5) is 45.5. The zero-order valence-corrected chi connectivity index (χ0v) is 25.1. The van der Waals surface area contributed by atoms with Crippen LogP contribution in [-0.2, 0) is 27.2 Å². The van der Waals surface area contributed by atoms with Crippen LogP contribution in [-0.4, -0.2) is 61.2 Å². The maximum absolute atomic E-state index is 13.7. The number of fused-ring (bicyclic) bond motifs is 1. The minimum absolute atomic E-state index is 0.00170. The molecule has 3 aromatic rings. The molecule has 1 heterocycles. The van der Waals surface area contributed by atoms with Crippen LogP contribution in [0.3, 0.4) is 0 Å². The SMILES string of the molecule is C=C(CN(C)C)C(=O)CC[C@H](Cc1ccccc1)NC(=O)[C@@H](CC(=O)NC)Cc1nc2ccc(C(C)C)cc2s1. The number of hydrogen-bond acceptors (Lipinski definition) is 6. The van der Waals surface area contributed by atoms with Crippen molar-refractivity contribution in [1.29, 1.82) is 0 Å². The van der Waals surface area contributed by atoms with E-state index in [1.54, 1.807) is 18.4 Å². The molecule has 2 atom stereocenters. The number of Topliss-reactive ketones (excluding diaryl/α,β-unsaturated/α-hetero) is 1. The summed E-state index contributed by atoms with van der Waals surface area (Å²) in [6, 6.07) is 15.9. The van der Waals surface area contributed by atoms with E-state index in [0.717, 1.165) is 20.8 Å². The van der Waals surface area contributed by atoms with Crippen LogP contribution >= 0.6 is 11.3 Å². The van der Waals surface area contributed by atoms with Gasteiger partial charge in [0.2, 0.25) is 11.8 Å². The quantitative estimate of drug-likeness (QED) is 0.257. The van der Waals surface area contributed by atoms with Gasteiger partial charge in [0, 0.05) is 44.5 Å². The van der Waals surface area contributed by atoms with E-state index in [0.29, 0.717) is 43.7 Å². The van der Waals surface area contributed by atoms with Gasteiger partial charge < -0.3 is 15.5 Å². The highest BCUT2D eigenvalue weighted by molar-refractivity contribution is 7.18. The largest absolute Gasteiger partial charge is 0.359 e. The van der Waals surface area contributed by atoms with E-state index < -0.39 is 5.92 Å². The van der Waals surface area contributed by atoms with Crippen LogP contribution in [0, 0.1) is 5.92 Å². The molecule has 0 bridgehead atoms. The maximum atomic E-state index is 13.7. The highest BCUT2D eigenvalue weighted by Gasteiger charge is 2.26. The van der Waals surface area contributed by atoms with Crippen LogP contribution in [0.2, 0.25) is 0 Å². The Hall–Kier alpha value is -3.36. The number of ketones is 1. The second kappa shape index (κ2) is 14.9. The normalized spacial score (nSPS) is 12.9. The summed E-state index contributed by atoms with van der Waals surface area (Å²) >= 11 is 1.57. The van der Waals surface area contributed by atoms with E-state index >= 15 is 0 Å². The first-order chi connectivity index (χ1) is 19.0. The highest BCUT2D eigenvalue weighted by atomic mass is 32.1. The average molecular weight is 563 g/mol. The topological polar surface area (TPSA) is 91.4 Å². The Balaban J connectivity index is 1.78. The highest BCUT2D eigenvalue weighted by Crippen LogP contribution is 2.28. The summed E-state index contributed by atoms with van der Waals surface area (Å²) in [7, 11) is 5.38. The molecule has 3 rings (SSSR count). The molecule has 0 aliphatic carbocycles. The van der Waals surface area contributed by atoms with E-state index in [9.17, 15) is 14.4 Å². The Morgan fingerprint density at radius 2 is 1.77 bits per heavy atom. The molecule has 0 saturated carbocycles. The molecule has 8 heteroatoms. The fourth-order valence-corrected chi connectivity index (χ4v) is 5.72. The van der Waals surface area contributed by atoms with E-state index in [4.69, 9.17) is 4.98 Å². The van der Waals surface area contributed by atoms with Crippen molar-refractivity contribution in [2.75, 3.05) is 27.7 Å². The van der Waals surface area contributed by atoms with Crippen molar-refractivity contribution in [1.82, 2.24) is 20.5 Å². The second-order valence-corrected chi connectivity index (χ2v) is 12.1. The van der Waals surface area contributed by atoms with E-state index in [-0.39, 0.29) is 30.1 Å². The van der Waals surface area contributed by atoms with Gasteiger partial charge >= 0.3 is 0 Å². The number of amides is 2. The molecule has 0 fully saturated rings. The van der Waals surface area contributed by atoms with Crippen LogP contribution in [0.1, 0.15) is 55.2 Å². The van der Waals surface area contributed by atoms with Gasteiger partial charge in [0.25, 0.3) is 0 Å². The lowest BCUT2D eigenvalue weighted by atomic mass is 9.95. The van der Waals surface area contributed by atoms with Crippen molar-refractivity contribution in [3.05, 3.63) is 76.8 Å². The van der Waals surface area contributed by atoms with Gasteiger partial charge in [-0.25, -0.2) is 4.98 Å². The lowest BCUT2D eigenvalue weighted by molar-refractivity contribution is -0.130. The summed E-state index contributed by atoms with van der Waals surface area (Å²) in [6.07, 6.45) is 1.79. The minimum atomic E-state index is -0.581. The maximum Gasteiger partial charge on any atom is 0.224 e. The molecular formula is C32H42N4O3S. The molecule has 214 valence electrons. The third-order valence-electron chi connectivity index (χ3n) is 6.92. The number of carbonyl (C=O) groups excluding carboxylic acids is 3. The lowest BCUT2D eigenvalue weighted by Gasteiger charge is -2.23. The van der Waals surface area contributed by atoms with Crippen molar-refractivity contribution in [2.24, 2.45) is 5.92 Å². The summed E-state index contributed by atoms with van der Waals surface area (Å²) in [5.74, 6) is -0.569. The van der Waals surface area contributed by atoms with E-state index in [1.165, 1.54) is 5.56 Å². The number of nitrogens with zero attached hydrogens (tertiary/aromatic N) is 2. The number of nitrogens with one attached hydrogen (secondary N) is 2. The fraction of sp³-hybridized carbons (Fsp3) is 0.438. The fourth-order valence-electron chi connectivity index (χ4n) is 4.62. The summed E-state index contributed by atoms with van der Waals surface area (Å²) in [5.41, 5.74) is 3.78. The van der Waals surface area contributed by atoms with E-state index in [2.05, 4.69) is 43.2 Å². The Morgan fingerprint density at radius 1 is 1.05 bits per heavy atom. The zero-order chi connectivity index (χ0) is 29.2. The molecule has 1 aromatic heterocycles. The number of hydrogen-bond donors (Lipinski definition) is 2. The van der Waals surface area contributed by atoms with Gasteiger partial charge in [-0.2, -0.15) is 0 Å². The van der Waals surface area contributed by atoms with Crippen LogP contribution in [0.5, 0.6) is 0 Å². The second-order valence-electron chi connectivity index (χ2n) is 11.0. The van der Waals surface area contributed by atoms with Crippen LogP contribution in [0.4, 0.5) is 0 Å². The Labute approximate surface area is 242 Å². The average Bonchev–Trinajstić information content (AvgIpc) is 3.32. The van der Waals surface area contributed by atoms with Crippen LogP contribution in [0.15, 0.2) is 60.7 Å². The summed E-state index contributed by atoms with van der Waals surface area (Å²) in [5, 5.41) is 6.65. The molecule has 2 amide bonds. The smallest absolute Gasteiger partial charge is 0.224 e. The van der Waals surface area contributed by atoms with Gasteiger partial charge in [-0.3, -0.25) is 14.4 Å². The number of benzene rings is 2. The monoisotopic (exact) mass is 562 g/mol. The molecule has 0 spiro atoms. The van der Waals surface area contributed by atoms with Gasteiger partial charge in [0.15, 0.2) is 5.78 Å². The Kier molecular flexibility index (Phi) is 11.6.